The van der Waals surface area contributed by atoms with E-state index in [0.29, 0.717) is 23.1 Å². The van der Waals surface area contributed by atoms with Crippen LogP contribution in [0.4, 0.5) is 4.39 Å². The van der Waals surface area contributed by atoms with Crippen molar-refractivity contribution in [1.29, 1.82) is 0 Å². The van der Waals surface area contributed by atoms with Gasteiger partial charge in [-0.2, -0.15) is 0 Å². The number of aromatic nitrogens is 1. The number of methoxy groups -OCH3 is 1. The molecule has 1 aliphatic carbocycles. The van der Waals surface area contributed by atoms with Gasteiger partial charge in [0.05, 0.1) is 12.8 Å². The van der Waals surface area contributed by atoms with Gasteiger partial charge in [-0.3, -0.25) is 0 Å². The molecular formula is C29H39FN2O. The van der Waals surface area contributed by atoms with Gasteiger partial charge in [-0.05, 0) is 55.2 Å². The monoisotopic (exact) mass is 450 g/mol. The number of aryl methyl sites for hydroxylation is 1. The first-order valence-electron chi connectivity index (χ1n) is 12.5. The zero-order valence-corrected chi connectivity index (χ0v) is 21.1. The first kappa shape index (κ1) is 23.8. The lowest BCUT2D eigenvalue weighted by Gasteiger charge is -2.47. The SMILES string of the molecule is C=C(C)C1=CN2C(=C(F)C1=C)c1nc(OC)c(CCCCCCC)cc1C1CCC(C)(C)C12. The Hall–Kier alpha value is -2.36. The van der Waals surface area contributed by atoms with Crippen molar-refractivity contribution in [3.8, 4) is 5.88 Å². The number of pyridine rings is 1. The van der Waals surface area contributed by atoms with E-state index in [1.807, 2.05) is 6.92 Å². The minimum Gasteiger partial charge on any atom is -0.481 e. The highest BCUT2D eigenvalue weighted by Crippen LogP contribution is 2.57. The highest BCUT2D eigenvalue weighted by Gasteiger charge is 2.52. The van der Waals surface area contributed by atoms with Gasteiger partial charge in [-0.15, -0.1) is 0 Å². The molecule has 3 nitrogen and oxygen atoms in total. The number of unbranched alkanes of at least 4 members (excludes halogenated alkanes) is 4. The van der Waals surface area contributed by atoms with Crippen molar-refractivity contribution in [2.24, 2.45) is 5.41 Å². The summed E-state index contributed by atoms with van der Waals surface area (Å²) >= 11 is 0. The van der Waals surface area contributed by atoms with Crippen molar-refractivity contribution in [3.05, 3.63) is 64.8 Å². The zero-order chi connectivity index (χ0) is 23.9. The molecule has 2 aliphatic heterocycles. The lowest BCUT2D eigenvalue weighted by Crippen LogP contribution is -2.46. The standard InChI is InChI=1S/C29H39FN2O/c1-8-9-10-11-12-13-20-16-22-21-14-15-29(5,6)27(21)32-17-23(18(2)3)19(4)24(30)26(32)25(22)31-28(20)33-7/h16-17,21,27H,2,4,8-15H2,1,3,5-7H3. The predicted octanol–water partition coefficient (Wildman–Crippen LogP) is 7.86. The maximum atomic E-state index is 15.9. The summed E-state index contributed by atoms with van der Waals surface area (Å²) in [4.78, 5) is 7.08. The first-order valence-corrected chi connectivity index (χ1v) is 12.5. The van der Waals surface area contributed by atoms with Crippen LogP contribution < -0.4 is 4.74 Å². The van der Waals surface area contributed by atoms with Crippen molar-refractivity contribution in [3.63, 3.8) is 0 Å². The summed E-state index contributed by atoms with van der Waals surface area (Å²) in [5.41, 5.74) is 5.67. The smallest absolute Gasteiger partial charge is 0.216 e. The van der Waals surface area contributed by atoms with Gasteiger partial charge in [0, 0.05) is 34.9 Å². The number of allylic oxidation sites excluding steroid dienone is 4. The maximum absolute atomic E-state index is 15.9. The number of hydrogen-bond donors (Lipinski definition) is 0. The molecule has 3 heterocycles. The fourth-order valence-corrected chi connectivity index (χ4v) is 6.05. The number of ether oxygens (including phenoxy) is 1. The Kier molecular flexibility index (Phi) is 6.57. The Morgan fingerprint density at radius 3 is 2.67 bits per heavy atom. The van der Waals surface area contributed by atoms with Crippen molar-refractivity contribution in [2.75, 3.05) is 7.11 Å². The van der Waals surface area contributed by atoms with Crippen molar-refractivity contribution >= 4 is 5.70 Å². The molecule has 178 valence electrons. The van der Waals surface area contributed by atoms with Crippen LogP contribution in [-0.4, -0.2) is 23.0 Å². The van der Waals surface area contributed by atoms with Gasteiger partial charge < -0.3 is 9.64 Å². The Morgan fingerprint density at radius 1 is 1.27 bits per heavy atom. The molecule has 0 radical (unpaired) electrons. The van der Waals surface area contributed by atoms with Crippen LogP contribution in [0, 0.1) is 5.41 Å². The first-order chi connectivity index (χ1) is 15.7. The third-order valence-corrected chi connectivity index (χ3v) is 7.82. The average Bonchev–Trinajstić information content (AvgIpc) is 3.10. The van der Waals surface area contributed by atoms with E-state index in [2.05, 4.69) is 51.1 Å². The second-order valence-corrected chi connectivity index (χ2v) is 10.7. The van der Waals surface area contributed by atoms with Gasteiger partial charge in [-0.25, -0.2) is 9.37 Å². The summed E-state index contributed by atoms with van der Waals surface area (Å²) in [6.45, 7) is 16.9. The molecule has 4 heteroatoms. The Bertz CT molecular complexity index is 1030. The molecule has 1 fully saturated rings. The Morgan fingerprint density at radius 2 is 2.00 bits per heavy atom. The lowest BCUT2D eigenvalue weighted by atomic mass is 9.76. The van der Waals surface area contributed by atoms with Crippen molar-refractivity contribution in [1.82, 2.24) is 9.88 Å². The molecule has 0 aromatic carbocycles. The molecule has 4 rings (SSSR count). The number of rotatable bonds is 8. The lowest BCUT2D eigenvalue weighted by molar-refractivity contribution is 0.191. The molecule has 33 heavy (non-hydrogen) atoms. The van der Waals surface area contributed by atoms with Gasteiger partial charge in [0.25, 0.3) is 0 Å². The third kappa shape index (κ3) is 4.06. The molecule has 0 N–H and O–H groups in total. The van der Waals surface area contributed by atoms with Crippen LogP contribution in [0.15, 0.2) is 48.0 Å². The quantitative estimate of drug-likeness (QED) is 0.377. The molecule has 0 spiro atoms. The van der Waals surface area contributed by atoms with Gasteiger partial charge in [0.1, 0.15) is 5.70 Å². The molecule has 2 atom stereocenters. The molecule has 2 unspecified atom stereocenters. The summed E-state index contributed by atoms with van der Waals surface area (Å²) < 4.78 is 21.7. The molecular weight excluding hydrogens is 411 g/mol. The van der Waals surface area contributed by atoms with E-state index in [-0.39, 0.29) is 17.3 Å². The summed E-state index contributed by atoms with van der Waals surface area (Å²) in [6.07, 6.45) is 11.3. The Labute approximate surface area is 199 Å². The summed E-state index contributed by atoms with van der Waals surface area (Å²) in [5.74, 6) is 0.651. The van der Waals surface area contributed by atoms with E-state index < -0.39 is 0 Å². The third-order valence-electron chi connectivity index (χ3n) is 7.82. The van der Waals surface area contributed by atoms with Crippen LogP contribution >= 0.6 is 0 Å². The number of nitrogens with zero attached hydrogens (tertiary/aromatic N) is 2. The van der Waals surface area contributed by atoms with Crippen LogP contribution in [0.1, 0.15) is 95.4 Å². The van der Waals surface area contributed by atoms with Crippen molar-refractivity contribution in [2.45, 2.75) is 91.0 Å². The van der Waals surface area contributed by atoms with Crippen LogP contribution in [0.25, 0.3) is 5.70 Å². The minimum absolute atomic E-state index is 0.0590. The van der Waals surface area contributed by atoms with E-state index in [1.165, 1.54) is 31.2 Å². The van der Waals surface area contributed by atoms with E-state index >= 15 is 4.39 Å². The van der Waals surface area contributed by atoms with E-state index in [4.69, 9.17) is 9.72 Å². The molecule has 3 aliphatic rings. The fraction of sp³-hybridized carbons (Fsp3) is 0.552. The van der Waals surface area contributed by atoms with Crippen LogP contribution in [0.5, 0.6) is 5.88 Å². The van der Waals surface area contributed by atoms with Crippen LogP contribution in [-0.2, 0) is 6.42 Å². The normalized spacial score (nSPS) is 23.2. The molecule has 1 aromatic heterocycles. The maximum Gasteiger partial charge on any atom is 0.216 e. The second-order valence-electron chi connectivity index (χ2n) is 10.7. The highest BCUT2D eigenvalue weighted by atomic mass is 19.1. The molecule has 0 bridgehead atoms. The Balaban J connectivity index is 1.82. The van der Waals surface area contributed by atoms with Gasteiger partial charge in [0.2, 0.25) is 5.88 Å². The van der Waals surface area contributed by atoms with Gasteiger partial charge in [-0.1, -0.05) is 59.6 Å². The second kappa shape index (κ2) is 9.12. The molecule has 0 amide bonds. The topological polar surface area (TPSA) is 25.4 Å². The molecule has 1 saturated carbocycles. The van der Waals surface area contributed by atoms with Crippen LogP contribution in [0.3, 0.4) is 0 Å². The van der Waals surface area contributed by atoms with E-state index in [1.54, 1.807) is 7.11 Å². The molecule has 1 aromatic rings. The summed E-state index contributed by atoms with van der Waals surface area (Å²) in [7, 11) is 1.67. The fourth-order valence-electron chi connectivity index (χ4n) is 6.05. The molecule has 0 saturated heterocycles. The van der Waals surface area contributed by atoms with E-state index in [9.17, 15) is 0 Å². The minimum atomic E-state index is -0.292. The van der Waals surface area contributed by atoms with Crippen LogP contribution in [0.2, 0.25) is 0 Å². The summed E-state index contributed by atoms with van der Waals surface area (Å²) in [5, 5.41) is 0. The van der Waals surface area contributed by atoms with Gasteiger partial charge >= 0.3 is 0 Å². The predicted molar refractivity (Wildman–Crippen MR) is 135 cm³/mol. The number of fused-ring (bicyclic) bond motifs is 6. The largest absolute Gasteiger partial charge is 0.481 e. The van der Waals surface area contributed by atoms with E-state index in [0.717, 1.165) is 48.1 Å². The zero-order valence-electron chi connectivity index (χ0n) is 21.1. The van der Waals surface area contributed by atoms with Crippen molar-refractivity contribution < 1.29 is 9.13 Å². The summed E-state index contributed by atoms with van der Waals surface area (Å²) in [6, 6.07) is 2.46. The number of halogens is 1. The number of hydrogen-bond acceptors (Lipinski definition) is 3. The average molecular weight is 451 g/mol. The van der Waals surface area contributed by atoms with Gasteiger partial charge in [0.15, 0.2) is 5.83 Å². The highest BCUT2D eigenvalue weighted by molar-refractivity contribution is 5.78.